The van der Waals surface area contributed by atoms with E-state index in [1.807, 2.05) is 18.5 Å². The summed E-state index contributed by atoms with van der Waals surface area (Å²) in [6.07, 6.45) is 3.75. The molecule has 0 bridgehead atoms. The van der Waals surface area contributed by atoms with E-state index in [2.05, 4.69) is 41.4 Å². The third kappa shape index (κ3) is 0.990. The van der Waals surface area contributed by atoms with Gasteiger partial charge in [0.2, 0.25) is 0 Å². The van der Waals surface area contributed by atoms with Gasteiger partial charge in [-0.05, 0) is 28.6 Å². The standard InChI is InChI=1S/C13H9N/c1-2-4-10-8-11-9-14-7-6-13(11)12(10)5-3-1/h1-9H. The van der Waals surface area contributed by atoms with Gasteiger partial charge in [0.15, 0.2) is 0 Å². The van der Waals surface area contributed by atoms with Gasteiger partial charge >= 0.3 is 0 Å². The number of rotatable bonds is 0. The largest absolute Gasteiger partial charge is 0.264 e. The molecule has 1 aromatic rings. The number of aromatic nitrogens is 1. The van der Waals surface area contributed by atoms with Crippen LogP contribution in [0.25, 0.3) is 21.9 Å². The fourth-order valence-corrected chi connectivity index (χ4v) is 1.87. The lowest BCUT2D eigenvalue weighted by Crippen LogP contribution is -1.68. The molecule has 0 atom stereocenters. The van der Waals surface area contributed by atoms with Crippen LogP contribution in [0.4, 0.5) is 0 Å². The zero-order valence-electron chi connectivity index (χ0n) is 7.64. The van der Waals surface area contributed by atoms with Crippen molar-refractivity contribution in [1.82, 2.24) is 4.98 Å². The van der Waals surface area contributed by atoms with Crippen molar-refractivity contribution < 1.29 is 0 Å². The molecule has 0 radical (unpaired) electrons. The lowest BCUT2D eigenvalue weighted by atomic mass is 10.1. The van der Waals surface area contributed by atoms with Crippen LogP contribution < -0.4 is 0 Å². The quantitative estimate of drug-likeness (QED) is 0.515. The molecule has 0 saturated heterocycles. The summed E-state index contributed by atoms with van der Waals surface area (Å²) in [7, 11) is 0. The Morgan fingerprint density at radius 2 is 1.86 bits per heavy atom. The summed E-state index contributed by atoms with van der Waals surface area (Å²) in [6.45, 7) is 0. The molecular formula is C13H9N. The van der Waals surface area contributed by atoms with Crippen LogP contribution in [0.2, 0.25) is 0 Å². The highest BCUT2D eigenvalue weighted by atomic mass is 14.6. The summed E-state index contributed by atoms with van der Waals surface area (Å²) in [6, 6.07) is 14.7. The van der Waals surface area contributed by atoms with E-state index in [0.29, 0.717) is 0 Å². The van der Waals surface area contributed by atoms with E-state index in [1.165, 1.54) is 21.9 Å². The molecule has 0 aliphatic heterocycles. The van der Waals surface area contributed by atoms with Gasteiger partial charge in [-0.15, -0.1) is 0 Å². The molecule has 0 aromatic carbocycles. The van der Waals surface area contributed by atoms with Gasteiger partial charge in [0.05, 0.1) is 0 Å². The lowest BCUT2D eigenvalue weighted by Gasteiger charge is -1.91. The molecule has 1 heterocycles. The van der Waals surface area contributed by atoms with Crippen LogP contribution in [-0.2, 0) is 0 Å². The maximum absolute atomic E-state index is 4.12. The topological polar surface area (TPSA) is 12.9 Å². The van der Waals surface area contributed by atoms with Crippen LogP contribution in [0.1, 0.15) is 0 Å². The SMILES string of the molecule is c1ccc2cc3cnccc3c-2cc1. The Hall–Kier alpha value is -1.89. The van der Waals surface area contributed by atoms with Crippen molar-refractivity contribution in [2.45, 2.75) is 0 Å². The Morgan fingerprint density at radius 1 is 0.929 bits per heavy atom. The number of hydrogen-bond acceptors (Lipinski definition) is 1. The van der Waals surface area contributed by atoms with Crippen LogP contribution >= 0.6 is 0 Å². The molecule has 66 valence electrons. The summed E-state index contributed by atoms with van der Waals surface area (Å²) >= 11 is 0. The van der Waals surface area contributed by atoms with Crippen molar-refractivity contribution >= 4 is 10.8 Å². The molecular weight excluding hydrogens is 170 g/mol. The fraction of sp³-hybridized carbons (Fsp3) is 0. The van der Waals surface area contributed by atoms with Crippen LogP contribution in [0.3, 0.4) is 0 Å². The molecule has 2 aliphatic rings. The predicted octanol–water partition coefficient (Wildman–Crippen LogP) is 3.34. The fourth-order valence-electron chi connectivity index (χ4n) is 1.87. The third-order valence-electron chi connectivity index (χ3n) is 2.52. The number of nitrogens with zero attached hydrogens (tertiary/aromatic N) is 1. The van der Waals surface area contributed by atoms with Gasteiger partial charge in [0.1, 0.15) is 0 Å². The highest BCUT2D eigenvalue weighted by Crippen LogP contribution is 2.32. The average Bonchev–Trinajstić information content (AvgIpc) is 2.42. The van der Waals surface area contributed by atoms with E-state index in [-0.39, 0.29) is 0 Å². The maximum atomic E-state index is 4.12. The molecule has 3 rings (SSSR count). The third-order valence-corrected chi connectivity index (χ3v) is 2.52. The highest BCUT2D eigenvalue weighted by molar-refractivity contribution is 6.01. The summed E-state index contributed by atoms with van der Waals surface area (Å²) < 4.78 is 0. The Morgan fingerprint density at radius 3 is 2.86 bits per heavy atom. The molecule has 0 unspecified atom stereocenters. The smallest absolute Gasteiger partial charge is 0.0346 e. The van der Waals surface area contributed by atoms with Crippen molar-refractivity contribution in [2.75, 3.05) is 0 Å². The van der Waals surface area contributed by atoms with E-state index in [0.717, 1.165) is 0 Å². The van der Waals surface area contributed by atoms with Gasteiger partial charge in [-0.1, -0.05) is 30.3 Å². The summed E-state index contributed by atoms with van der Waals surface area (Å²) in [5.74, 6) is 0. The van der Waals surface area contributed by atoms with Crippen LogP contribution in [-0.4, -0.2) is 4.98 Å². The van der Waals surface area contributed by atoms with E-state index in [1.54, 1.807) is 0 Å². The van der Waals surface area contributed by atoms with Crippen molar-refractivity contribution in [3.8, 4) is 11.1 Å². The first-order valence-electron chi connectivity index (χ1n) is 4.67. The first-order valence-corrected chi connectivity index (χ1v) is 4.67. The first-order chi connectivity index (χ1) is 6.95. The van der Waals surface area contributed by atoms with Gasteiger partial charge in [-0.25, -0.2) is 0 Å². The molecule has 1 heteroatoms. The average molecular weight is 179 g/mol. The zero-order chi connectivity index (χ0) is 9.38. The molecule has 1 nitrogen and oxygen atoms in total. The van der Waals surface area contributed by atoms with Gasteiger partial charge < -0.3 is 0 Å². The molecule has 0 saturated carbocycles. The molecule has 2 aliphatic carbocycles. The Bertz CT molecular complexity index is 557. The maximum Gasteiger partial charge on any atom is 0.0346 e. The second kappa shape index (κ2) is 2.81. The highest BCUT2D eigenvalue weighted by Gasteiger charge is 2.06. The van der Waals surface area contributed by atoms with E-state index in [4.69, 9.17) is 0 Å². The van der Waals surface area contributed by atoms with E-state index >= 15 is 0 Å². The molecule has 0 N–H and O–H groups in total. The van der Waals surface area contributed by atoms with Crippen molar-refractivity contribution in [3.05, 3.63) is 54.9 Å². The predicted molar refractivity (Wildman–Crippen MR) is 58.4 cm³/mol. The molecule has 0 amide bonds. The van der Waals surface area contributed by atoms with Crippen molar-refractivity contribution in [2.24, 2.45) is 0 Å². The van der Waals surface area contributed by atoms with Gasteiger partial charge in [0.25, 0.3) is 0 Å². The minimum absolute atomic E-state index is 1.22. The number of fused-ring (bicyclic) bond motifs is 3. The molecule has 1 aromatic heterocycles. The van der Waals surface area contributed by atoms with Gasteiger partial charge in [0, 0.05) is 17.8 Å². The van der Waals surface area contributed by atoms with Crippen LogP contribution in [0.5, 0.6) is 0 Å². The number of hydrogen-bond donors (Lipinski definition) is 0. The van der Waals surface area contributed by atoms with Crippen LogP contribution in [0, 0.1) is 0 Å². The number of pyridine rings is 1. The lowest BCUT2D eigenvalue weighted by molar-refractivity contribution is 1.37. The molecule has 0 fully saturated rings. The van der Waals surface area contributed by atoms with E-state index in [9.17, 15) is 0 Å². The summed E-state index contributed by atoms with van der Waals surface area (Å²) in [5, 5.41) is 2.50. The molecule has 0 spiro atoms. The Labute approximate surface area is 82.4 Å². The Balaban J connectivity index is 2.52. The monoisotopic (exact) mass is 179 g/mol. The second-order valence-electron chi connectivity index (χ2n) is 3.39. The zero-order valence-corrected chi connectivity index (χ0v) is 7.64. The minimum atomic E-state index is 1.22. The second-order valence-corrected chi connectivity index (χ2v) is 3.39. The summed E-state index contributed by atoms with van der Waals surface area (Å²) in [5.41, 5.74) is 2.57. The molecule has 14 heavy (non-hydrogen) atoms. The van der Waals surface area contributed by atoms with Crippen molar-refractivity contribution in [3.63, 3.8) is 0 Å². The van der Waals surface area contributed by atoms with E-state index < -0.39 is 0 Å². The van der Waals surface area contributed by atoms with Gasteiger partial charge in [-0.2, -0.15) is 0 Å². The summed E-state index contributed by atoms with van der Waals surface area (Å²) in [4.78, 5) is 4.12. The first kappa shape index (κ1) is 7.51. The normalized spacial score (nSPS) is 10.9. The van der Waals surface area contributed by atoms with Gasteiger partial charge in [-0.3, -0.25) is 4.98 Å². The minimum Gasteiger partial charge on any atom is -0.264 e. The van der Waals surface area contributed by atoms with Crippen molar-refractivity contribution in [1.29, 1.82) is 0 Å². The van der Waals surface area contributed by atoms with Crippen LogP contribution in [0.15, 0.2) is 54.9 Å². The Kier molecular flexibility index (Phi) is 1.51.